The first-order valence-corrected chi connectivity index (χ1v) is 7.65. The SMILES string of the molecule is Cc1ccc(F)cc1CC(=O)C1CC2CCCC(C1)N2. The lowest BCUT2D eigenvalue weighted by molar-refractivity contribution is -0.124. The minimum Gasteiger partial charge on any atom is -0.311 e. The van der Waals surface area contributed by atoms with Crippen LogP contribution in [0.3, 0.4) is 0 Å². The minimum absolute atomic E-state index is 0.161. The van der Waals surface area contributed by atoms with Crippen molar-refractivity contribution in [3.8, 4) is 0 Å². The number of hydrogen-bond acceptors (Lipinski definition) is 2. The number of benzene rings is 1. The van der Waals surface area contributed by atoms with Gasteiger partial charge in [-0.2, -0.15) is 0 Å². The zero-order valence-electron chi connectivity index (χ0n) is 12.0. The number of fused-ring (bicyclic) bond motifs is 2. The smallest absolute Gasteiger partial charge is 0.140 e. The maximum absolute atomic E-state index is 13.3. The van der Waals surface area contributed by atoms with Crippen LogP contribution in [-0.2, 0) is 11.2 Å². The number of ketones is 1. The molecule has 0 aromatic heterocycles. The van der Waals surface area contributed by atoms with E-state index in [9.17, 15) is 9.18 Å². The molecule has 2 heterocycles. The Morgan fingerprint density at radius 3 is 2.70 bits per heavy atom. The maximum Gasteiger partial charge on any atom is 0.140 e. The highest BCUT2D eigenvalue weighted by molar-refractivity contribution is 5.83. The monoisotopic (exact) mass is 275 g/mol. The van der Waals surface area contributed by atoms with Gasteiger partial charge in [0.25, 0.3) is 0 Å². The molecular formula is C17H22FNO. The lowest BCUT2D eigenvalue weighted by atomic mass is 9.77. The van der Waals surface area contributed by atoms with Crippen LogP contribution in [0.15, 0.2) is 18.2 Å². The quantitative estimate of drug-likeness (QED) is 0.918. The van der Waals surface area contributed by atoms with Gasteiger partial charge in [0, 0.05) is 24.4 Å². The van der Waals surface area contributed by atoms with Crippen LogP contribution in [0.2, 0.25) is 0 Å². The molecule has 0 amide bonds. The van der Waals surface area contributed by atoms with Crippen molar-refractivity contribution in [3.63, 3.8) is 0 Å². The Bertz CT molecular complexity index is 502. The van der Waals surface area contributed by atoms with Gasteiger partial charge >= 0.3 is 0 Å². The molecule has 2 bridgehead atoms. The predicted molar refractivity (Wildman–Crippen MR) is 77.1 cm³/mol. The molecule has 0 radical (unpaired) electrons. The van der Waals surface area contributed by atoms with Gasteiger partial charge in [0.1, 0.15) is 11.6 Å². The second-order valence-electron chi connectivity index (χ2n) is 6.37. The topological polar surface area (TPSA) is 29.1 Å². The Hall–Kier alpha value is -1.22. The van der Waals surface area contributed by atoms with Gasteiger partial charge in [-0.25, -0.2) is 4.39 Å². The van der Waals surface area contributed by atoms with E-state index in [2.05, 4.69) is 5.32 Å². The van der Waals surface area contributed by atoms with E-state index in [1.54, 1.807) is 6.07 Å². The summed E-state index contributed by atoms with van der Waals surface area (Å²) in [6.07, 6.45) is 5.98. The summed E-state index contributed by atoms with van der Waals surface area (Å²) in [6.45, 7) is 1.94. The highest BCUT2D eigenvalue weighted by atomic mass is 19.1. The number of rotatable bonds is 3. The zero-order chi connectivity index (χ0) is 14.1. The van der Waals surface area contributed by atoms with E-state index in [4.69, 9.17) is 0 Å². The van der Waals surface area contributed by atoms with E-state index in [1.165, 1.54) is 31.4 Å². The molecule has 1 aromatic rings. The molecule has 0 aliphatic carbocycles. The van der Waals surface area contributed by atoms with Gasteiger partial charge in [-0.1, -0.05) is 12.5 Å². The third-order valence-electron chi connectivity index (χ3n) is 4.85. The fourth-order valence-electron chi connectivity index (χ4n) is 3.69. The summed E-state index contributed by atoms with van der Waals surface area (Å²) in [5, 5.41) is 3.61. The first kappa shape index (κ1) is 13.7. The van der Waals surface area contributed by atoms with Crippen molar-refractivity contribution >= 4 is 5.78 Å². The molecule has 2 fully saturated rings. The van der Waals surface area contributed by atoms with Crippen molar-refractivity contribution < 1.29 is 9.18 Å². The van der Waals surface area contributed by atoms with E-state index in [-0.39, 0.29) is 17.5 Å². The fraction of sp³-hybridized carbons (Fsp3) is 0.588. The van der Waals surface area contributed by atoms with E-state index < -0.39 is 0 Å². The Morgan fingerprint density at radius 1 is 1.30 bits per heavy atom. The number of piperidine rings is 2. The second kappa shape index (κ2) is 5.65. The number of hydrogen-bond donors (Lipinski definition) is 1. The zero-order valence-corrected chi connectivity index (χ0v) is 12.0. The Kier molecular flexibility index (Phi) is 3.88. The third kappa shape index (κ3) is 2.93. The van der Waals surface area contributed by atoms with Crippen molar-refractivity contribution in [2.24, 2.45) is 5.92 Å². The van der Waals surface area contributed by atoms with Crippen molar-refractivity contribution in [3.05, 3.63) is 35.1 Å². The summed E-state index contributed by atoms with van der Waals surface area (Å²) < 4.78 is 13.3. The summed E-state index contributed by atoms with van der Waals surface area (Å²) in [4.78, 5) is 12.5. The summed E-state index contributed by atoms with van der Waals surface area (Å²) in [5.74, 6) is 0.201. The molecule has 1 aromatic carbocycles. The molecule has 2 nitrogen and oxygen atoms in total. The molecule has 2 unspecified atom stereocenters. The molecule has 3 rings (SSSR count). The highest BCUT2D eigenvalue weighted by Crippen LogP contribution is 2.31. The van der Waals surface area contributed by atoms with Crippen LogP contribution in [0.5, 0.6) is 0 Å². The van der Waals surface area contributed by atoms with Crippen molar-refractivity contribution in [2.75, 3.05) is 0 Å². The minimum atomic E-state index is -0.249. The van der Waals surface area contributed by atoms with Gasteiger partial charge < -0.3 is 5.32 Å². The number of carbonyl (C=O) groups excluding carboxylic acids is 1. The lowest BCUT2D eigenvalue weighted by Gasteiger charge is -2.39. The maximum atomic E-state index is 13.3. The summed E-state index contributed by atoms with van der Waals surface area (Å²) in [6, 6.07) is 5.76. The molecular weight excluding hydrogens is 253 g/mol. The number of aryl methyl sites for hydroxylation is 1. The average Bonchev–Trinajstić information content (AvgIpc) is 2.42. The first-order valence-electron chi connectivity index (χ1n) is 7.65. The molecule has 108 valence electrons. The third-order valence-corrected chi connectivity index (χ3v) is 4.85. The van der Waals surface area contributed by atoms with Gasteiger partial charge in [-0.3, -0.25) is 4.79 Å². The van der Waals surface area contributed by atoms with E-state index in [1.807, 2.05) is 6.92 Å². The summed E-state index contributed by atoms with van der Waals surface area (Å²) in [5.41, 5.74) is 1.85. The highest BCUT2D eigenvalue weighted by Gasteiger charge is 2.34. The average molecular weight is 275 g/mol. The number of carbonyl (C=O) groups is 1. The van der Waals surface area contributed by atoms with Crippen LogP contribution in [0.4, 0.5) is 4.39 Å². The Balaban J connectivity index is 1.68. The molecule has 1 N–H and O–H groups in total. The van der Waals surface area contributed by atoms with Crippen LogP contribution in [0, 0.1) is 18.7 Å². The standard InChI is InChI=1S/C17H22FNO/c1-11-5-6-14(18)7-12(11)10-17(20)13-8-15-3-2-4-16(9-13)19-15/h5-7,13,15-16,19H,2-4,8-10H2,1H3. The lowest BCUT2D eigenvalue weighted by Crippen LogP contribution is -2.50. The van der Waals surface area contributed by atoms with Crippen LogP contribution in [0.1, 0.15) is 43.2 Å². The molecule has 0 spiro atoms. The molecule has 2 aliphatic rings. The first-order chi connectivity index (χ1) is 9.61. The Labute approximate surface area is 119 Å². The molecule has 2 saturated heterocycles. The largest absolute Gasteiger partial charge is 0.311 e. The van der Waals surface area contributed by atoms with Gasteiger partial charge in [-0.05, 0) is 55.9 Å². The molecule has 20 heavy (non-hydrogen) atoms. The molecule has 2 atom stereocenters. The van der Waals surface area contributed by atoms with Crippen LogP contribution in [-0.4, -0.2) is 17.9 Å². The van der Waals surface area contributed by atoms with Gasteiger partial charge in [0.05, 0.1) is 0 Å². The van der Waals surface area contributed by atoms with Crippen LogP contribution >= 0.6 is 0 Å². The van der Waals surface area contributed by atoms with E-state index >= 15 is 0 Å². The summed E-state index contributed by atoms with van der Waals surface area (Å²) in [7, 11) is 0. The fourth-order valence-corrected chi connectivity index (χ4v) is 3.69. The molecule has 0 saturated carbocycles. The van der Waals surface area contributed by atoms with Gasteiger partial charge in [-0.15, -0.1) is 0 Å². The normalized spacial score (nSPS) is 29.2. The number of halogens is 1. The van der Waals surface area contributed by atoms with E-state index in [0.29, 0.717) is 18.5 Å². The summed E-state index contributed by atoms with van der Waals surface area (Å²) >= 11 is 0. The Morgan fingerprint density at radius 2 is 2.00 bits per heavy atom. The van der Waals surface area contributed by atoms with Crippen molar-refractivity contribution in [1.29, 1.82) is 0 Å². The van der Waals surface area contributed by atoms with E-state index in [0.717, 1.165) is 24.0 Å². The van der Waals surface area contributed by atoms with Crippen LogP contribution in [0.25, 0.3) is 0 Å². The van der Waals surface area contributed by atoms with Crippen molar-refractivity contribution in [1.82, 2.24) is 5.32 Å². The van der Waals surface area contributed by atoms with Gasteiger partial charge in [0.15, 0.2) is 0 Å². The number of Topliss-reactive ketones (excluding diaryl/α,β-unsaturated/α-hetero) is 1. The predicted octanol–water partition coefficient (Wildman–Crippen LogP) is 3.17. The molecule has 2 aliphatic heterocycles. The van der Waals surface area contributed by atoms with Crippen molar-refractivity contribution in [2.45, 2.75) is 57.5 Å². The van der Waals surface area contributed by atoms with Gasteiger partial charge in [0.2, 0.25) is 0 Å². The molecule has 3 heteroatoms. The van der Waals surface area contributed by atoms with Crippen LogP contribution < -0.4 is 5.32 Å². The second-order valence-corrected chi connectivity index (χ2v) is 6.37. The number of nitrogens with one attached hydrogen (secondary N) is 1.